The van der Waals surface area contributed by atoms with Crippen molar-refractivity contribution in [3.63, 3.8) is 0 Å². The maximum absolute atomic E-state index is 10.3. The number of aliphatic hydroxyl groups excluding tert-OH is 1. The maximum atomic E-state index is 10.3. The second-order valence-corrected chi connectivity index (χ2v) is 3.75. The van der Waals surface area contributed by atoms with E-state index >= 15 is 0 Å². The Morgan fingerprint density at radius 1 is 1.47 bits per heavy atom. The van der Waals surface area contributed by atoms with Crippen LogP contribution in [0, 0.1) is 0 Å². The summed E-state index contributed by atoms with van der Waals surface area (Å²) in [5, 5.41) is 10.3. The van der Waals surface area contributed by atoms with Crippen LogP contribution in [-0.4, -0.2) is 21.8 Å². The van der Waals surface area contributed by atoms with Gasteiger partial charge in [0.25, 0.3) is 0 Å². The van der Waals surface area contributed by atoms with Crippen molar-refractivity contribution in [1.82, 2.24) is 9.55 Å². The van der Waals surface area contributed by atoms with Gasteiger partial charge in [-0.05, 0) is 24.6 Å². The van der Waals surface area contributed by atoms with Crippen LogP contribution >= 0.6 is 0 Å². The van der Waals surface area contributed by atoms with Gasteiger partial charge in [-0.1, -0.05) is 12.1 Å². The summed E-state index contributed by atoms with van der Waals surface area (Å²) in [6.45, 7) is 2.81. The molecular formula is C13H16N2O2. The first-order valence-corrected chi connectivity index (χ1v) is 5.59. The van der Waals surface area contributed by atoms with Gasteiger partial charge in [0, 0.05) is 18.9 Å². The Morgan fingerprint density at radius 3 is 3.00 bits per heavy atom. The first kappa shape index (κ1) is 11.7. The smallest absolute Gasteiger partial charge is 0.142 e. The molecule has 0 radical (unpaired) electrons. The lowest BCUT2D eigenvalue weighted by Crippen LogP contribution is -2.08. The van der Waals surface area contributed by atoms with E-state index in [2.05, 4.69) is 4.98 Å². The molecule has 0 aliphatic heterocycles. The van der Waals surface area contributed by atoms with Gasteiger partial charge in [-0.2, -0.15) is 0 Å². The lowest BCUT2D eigenvalue weighted by molar-refractivity contribution is 0.204. The molecule has 2 rings (SSSR count). The van der Waals surface area contributed by atoms with E-state index in [0.717, 1.165) is 17.9 Å². The summed E-state index contributed by atoms with van der Waals surface area (Å²) in [7, 11) is 1.61. The molecule has 90 valence electrons. The third-order valence-electron chi connectivity index (χ3n) is 2.74. The SMILES string of the molecule is CCn1ccnc1[C@@H](O)c1cccc(OC)c1. The van der Waals surface area contributed by atoms with Gasteiger partial charge < -0.3 is 14.4 Å². The molecule has 0 fully saturated rings. The molecule has 1 aromatic carbocycles. The number of rotatable bonds is 4. The summed E-state index contributed by atoms with van der Waals surface area (Å²) in [5.74, 6) is 1.39. The highest BCUT2D eigenvalue weighted by Gasteiger charge is 2.15. The predicted molar refractivity (Wildman–Crippen MR) is 65.0 cm³/mol. The number of imidazole rings is 1. The van der Waals surface area contributed by atoms with Gasteiger partial charge in [0.05, 0.1) is 7.11 Å². The topological polar surface area (TPSA) is 47.3 Å². The second-order valence-electron chi connectivity index (χ2n) is 3.75. The average Bonchev–Trinajstić information content (AvgIpc) is 2.86. The van der Waals surface area contributed by atoms with Crippen molar-refractivity contribution >= 4 is 0 Å². The number of hydrogen-bond acceptors (Lipinski definition) is 3. The fourth-order valence-corrected chi connectivity index (χ4v) is 1.80. The van der Waals surface area contributed by atoms with Crippen molar-refractivity contribution < 1.29 is 9.84 Å². The van der Waals surface area contributed by atoms with Crippen molar-refractivity contribution in [2.24, 2.45) is 0 Å². The van der Waals surface area contributed by atoms with E-state index in [-0.39, 0.29) is 0 Å². The van der Waals surface area contributed by atoms with Crippen LogP contribution in [0.15, 0.2) is 36.7 Å². The molecule has 2 aromatic rings. The van der Waals surface area contributed by atoms with Gasteiger partial charge in [0.15, 0.2) is 0 Å². The molecule has 4 heteroatoms. The van der Waals surface area contributed by atoms with E-state index in [1.165, 1.54) is 0 Å². The van der Waals surface area contributed by atoms with Gasteiger partial charge in [0.2, 0.25) is 0 Å². The Balaban J connectivity index is 2.33. The number of nitrogens with zero attached hydrogens (tertiary/aromatic N) is 2. The molecule has 1 atom stereocenters. The van der Waals surface area contributed by atoms with Crippen LogP contribution in [-0.2, 0) is 6.54 Å². The molecule has 1 N–H and O–H groups in total. The molecule has 1 aromatic heterocycles. The molecule has 17 heavy (non-hydrogen) atoms. The van der Waals surface area contributed by atoms with Crippen LogP contribution in [0.4, 0.5) is 0 Å². The molecular weight excluding hydrogens is 216 g/mol. The largest absolute Gasteiger partial charge is 0.497 e. The van der Waals surface area contributed by atoms with Crippen LogP contribution in [0.3, 0.4) is 0 Å². The summed E-state index contributed by atoms with van der Waals surface area (Å²) < 4.78 is 7.06. The summed E-state index contributed by atoms with van der Waals surface area (Å²) in [6.07, 6.45) is 2.83. The fraction of sp³-hybridized carbons (Fsp3) is 0.308. The standard InChI is InChI=1S/C13H16N2O2/c1-3-15-8-7-14-13(15)12(16)10-5-4-6-11(9-10)17-2/h4-9,12,16H,3H2,1-2H3/t12-/m0/s1. The first-order valence-electron chi connectivity index (χ1n) is 5.59. The normalized spacial score (nSPS) is 12.4. The average molecular weight is 232 g/mol. The summed E-state index contributed by atoms with van der Waals surface area (Å²) in [5.41, 5.74) is 0.783. The number of ether oxygens (including phenoxy) is 1. The minimum atomic E-state index is -0.722. The molecule has 0 aliphatic carbocycles. The van der Waals surface area contributed by atoms with Crippen molar-refractivity contribution in [2.45, 2.75) is 19.6 Å². The minimum Gasteiger partial charge on any atom is -0.497 e. The van der Waals surface area contributed by atoms with E-state index in [9.17, 15) is 5.11 Å². The first-order chi connectivity index (χ1) is 8.26. The zero-order chi connectivity index (χ0) is 12.3. The van der Waals surface area contributed by atoms with Crippen molar-refractivity contribution in [2.75, 3.05) is 7.11 Å². The number of aromatic nitrogens is 2. The molecule has 0 unspecified atom stereocenters. The van der Waals surface area contributed by atoms with Gasteiger partial charge in [-0.3, -0.25) is 0 Å². The van der Waals surface area contributed by atoms with E-state index in [0.29, 0.717) is 5.82 Å². The number of hydrogen-bond donors (Lipinski definition) is 1. The van der Waals surface area contributed by atoms with Crippen LogP contribution in [0.1, 0.15) is 24.4 Å². The summed E-state index contributed by atoms with van der Waals surface area (Å²) in [6, 6.07) is 7.39. The van der Waals surface area contributed by atoms with Gasteiger partial charge in [-0.25, -0.2) is 4.98 Å². The van der Waals surface area contributed by atoms with Crippen molar-refractivity contribution in [3.8, 4) is 5.75 Å². The van der Waals surface area contributed by atoms with E-state index in [4.69, 9.17) is 4.74 Å². The van der Waals surface area contributed by atoms with Gasteiger partial charge in [-0.15, -0.1) is 0 Å². The number of benzene rings is 1. The van der Waals surface area contributed by atoms with Crippen LogP contribution < -0.4 is 4.74 Å². The lowest BCUT2D eigenvalue weighted by Gasteiger charge is -2.13. The molecule has 1 heterocycles. The predicted octanol–water partition coefficient (Wildman–Crippen LogP) is 1.99. The number of methoxy groups -OCH3 is 1. The van der Waals surface area contributed by atoms with Gasteiger partial charge >= 0.3 is 0 Å². The highest BCUT2D eigenvalue weighted by molar-refractivity contribution is 5.32. The Hall–Kier alpha value is -1.81. The summed E-state index contributed by atoms with van der Waals surface area (Å²) >= 11 is 0. The third-order valence-corrected chi connectivity index (χ3v) is 2.74. The van der Waals surface area contributed by atoms with Crippen LogP contribution in [0.25, 0.3) is 0 Å². The van der Waals surface area contributed by atoms with E-state index in [1.807, 2.05) is 42.0 Å². The monoisotopic (exact) mass is 232 g/mol. The Kier molecular flexibility index (Phi) is 3.44. The Morgan fingerprint density at radius 2 is 2.29 bits per heavy atom. The quantitative estimate of drug-likeness (QED) is 0.877. The Labute approximate surface area is 100 Å². The second kappa shape index (κ2) is 5.01. The maximum Gasteiger partial charge on any atom is 0.142 e. The summed E-state index contributed by atoms with van der Waals surface area (Å²) in [4.78, 5) is 4.19. The molecule has 0 saturated carbocycles. The van der Waals surface area contributed by atoms with Gasteiger partial charge in [0.1, 0.15) is 17.7 Å². The lowest BCUT2D eigenvalue weighted by atomic mass is 10.1. The molecule has 4 nitrogen and oxygen atoms in total. The highest BCUT2D eigenvalue weighted by Crippen LogP contribution is 2.23. The van der Waals surface area contributed by atoms with E-state index < -0.39 is 6.10 Å². The van der Waals surface area contributed by atoms with Crippen molar-refractivity contribution in [3.05, 3.63) is 48.0 Å². The highest BCUT2D eigenvalue weighted by atomic mass is 16.5. The zero-order valence-corrected chi connectivity index (χ0v) is 10.00. The molecule has 0 bridgehead atoms. The molecule has 0 saturated heterocycles. The van der Waals surface area contributed by atoms with Crippen LogP contribution in [0.5, 0.6) is 5.75 Å². The molecule has 0 aliphatic rings. The molecule has 0 amide bonds. The Bertz CT molecular complexity index is 494. The fourth-order valence-electron chi connectivity index (χ4n) is 1.80. The zero-order valence-electron chi connectivity index (χ0n) is 10.00. The third kappa shape index (κ3) is 2.31. The van der Waals surface area contributed by atoms with E-state index in [1.54, 1.807) is 13.3 Å². The minimum absolute atomic E-state index is 0.653. The molecule has 0 spiro atoms. The van der Waals surface area contributed by atoms with Crippen LogP contribution in [0.2, 0.25) is 0 Å². The number of aliphatic hydroxyl groups is 1. The number of aryl methyl sites for hydroxylation is 1. The van der Waals surface area contributed by atoms with Crippen molar-refractivity contribution in [1.29, 1.82) is 0 Å².